The van der Waals surface area contributed by atoms with Crippen molar-refractivity contribution in [1.29, 1.82) is 0 Å². The van der Waals surface area contributed by atoms with E-state index in [9.17, 15) is 0 Å². The van der Waals surface area contributed by atoms with Crippen molar-refractivity contribution in [3.8, 4) is 0 Å². The van der Waals surface area contributed by atoms with Gasteiger partial charge in [-0.2, -0.15) is 0 Å². The van der Waals surface area contributed by atoms with Gasteiger partial charge in [0.2, 0.25) is 0 Å². The summed E-state index contributed by atoms with van der Waals surface area (Å²) in [5.74, 6) is 0. The van der Waals surface area contributed by atoms with Crippen LogP contribution in [0, 0.1) is 6.92 Å². The maximum absolute atomic E-state index is 5.71. The molecule has 0 unspecified atom stereocenters. The second-order valence-corrected chi connectivity index (χ2v) is 2.64. The Morgan fingerprint density at radius 3 is 2.30 bits per heavy atom. The quantitative estimate of drug-likeness (QED) is 0.563. The number of rotatable bonds is 0. The fraction of sp³-hybridized carbons (Fsp3) is 0.143. The summed E-state index contributed by atoms with van der Waals surface area (Å²) in [7, 11) is 0. The number of halogens is 1. The van der Waals surface area contributed by atoms with Crippen molar-refractivity contribution in [2.24, 2.45) is 0 Å². The van der Waals surface area contributed by atoms with Crippen LogP contribution >= 0.6 is 11.6 Å². The summed E-state index contributed by atoms with van der Waals surface area (Å²) in [5.41, 5.74) is 13.2. The summed E-state index contributed by atoms with van der Waals surface area (Å²) in [5, 5.41) is 0.562. The number of anilines is 2. The molecule has 0 radical (unpaired) electrons. The highest BCUT2D eigenvalue weighted by atomic mass is 35.5. The number of nitrogens with two attached hydrogens (primary N) is 2. The van der Waals surface area contributed by atoms with E-state index < -0.39 is 0 Å². The molecular formula is C7H9ClN2. The van der Waals surface area contributed by atoms with Gasteiger partial charge in [-0.05, 0) is 24.6 Å². The van der Waals surface area contributed by atoms with Crippen molar-refractivity contribution < 1.29 is 0 Å². The Bertz CT molecular complexity index is 208. The normalized spacial score (nSPS) is 9.80. The Labute approximate surface area is 64.8 Å². The van der Waals surface area contributed by atoms with Crippen molar-refractivity contribution in [1.82, 2.24) is 0 Å². The molecule has 1 aromatic rings. The number of hydrogen-bond donors (Lipinski definition) is 2. The molecule has 0 fully saturated rings. The Kier molecular flexibility index (Phi) is 1.72. The molecule has 54 valence electrons. The largest absolute Gasteiger partial charge is 0.398 e. The van der Waals surface area contributed by atoms with E-state index in [0.717, 1.165) is 5.56 Å². The summed E-state index contributed by atoms with van der Waals surface area (Å²) in [6.07, 6.45) is 0. The lowest BCUT2D eigenvalue weighted by Gasteiger charge is -2.02. The number of aryl methyl sites for hydroxylation is 1. The second kappa shape index (κ2) is 2.39. The predicted molar refractivity (Wildman–Crippen MR) is 45.0 cm³/mol. The highest BCUT2D eigenvalue weighted by Gasteiger charge is 1.98. The number of benzene rings is 1. The molecule has 2 nitrogen and oxygen atoms in total. The zero-order valence-electron chi connectivity index (χ0n) is 5.69. The molecule has 0 bridgehead atoms. The Morgan fingerprint density at radius 2 is 1.80 bits per heavy atom. The van der Waals surface area contributed by atoms with Gasteiger partial charge in [0.05, 0.1) is 10.7 Å². The molecule has 0 saturated heterocycles. The molecule has 1 aromatic carbocycles. The zero-order valence-corrected chi connectivity index (χ0v) is 6.44. The summed E-state index contributed by atoms with van der Waals surface area (Å²) in [6, 6.07) is 3.42. The molecule has 0 heterocycles. The van der Waals surface area contributed by atoms with Gasteiger partial charge in [0, 0.05) is 5.69 Å². The van der Waals surface area contributed by atoms with Crippen LogP contribution in [-0.4, -0.2) is 0 Å². The van der Waals surface area contributed by atoms with Crippen LogP contribution in [-0.2, 0) is 0 Å². The van der Waals surface area contributed by atoms with Crippen LogP contribution in [0.2, 0.25) is 5.02 Å². The van der Waals surface area contributed by atoms with Gasteiger partial charge in [-0.3, -0.25) is 0 Å². The minimum Gasteiger partial charge on any atom is -0.398 e. The molecule has 0 saturated carbocycles. The van der Waals surface area contributed by atoms with Crippen LogP contribution in [0.15, 0.2) is 12.1 Å². The van der Waals surface area contributed by atoms with Gasteiger partial charge in [-0.1, -0.05) is 11.6 Å². The average Bonchev–Trinajstić information content (AvgIpc) is 1.84. The van der Waals surface area contributed by atoms with E-state index in [1.54, 1.807) is 12.1 Å². The van der Waals surface area contributed by atoms with Gasteiger partial charge in [0.15, 0.2) is 0 Å². The third-order valence-corrected chi connectivity index (χ3v) is 1.71. The molecule has 10 heavy (non-hydrogen) atoms. The third-order valence-electron chi connectivity index (χ3n) is 1.39. The Morgan fingerprint density at radius 1 is 1.20 bits per heavy atom. The molecule has 0 aliphatic rings. The van der Waals surface area contributed by atoms with Gasteiger partial charge in [0.25, 0.3) is 0 Å². The van der Waals surface area contributed by atoms with Crippen LogP contribution in [0.4, 0.5) is 11.4 Å². The molecule has 0 aliphatic carbocycles. The first-order valence-corrected chi connectivity index (χ1v) is 3.30. The molecule has 0 aliphatic heterocycles. The molecule has 0 aromatic heterocycles. The van der Waals surface area contributed by atoms with E-state index in [0.29, 0.717) is 16.4 Å². The van der Waals surface area contributed by atoms with Crippen molar-refractivity contribution in [2.45, 2.75) is 6.92 Å². The summed E-state index contributed by atoms with van der Waals surface area (Å²) < 4.78 is 0. The highest BCUT2D eigenvalue weighted by Crippen LogP contribution is 2.23. The van der Waals surface area contributed by atoms with Crippen LogP contribution in [0.1, 0.15) is 5.56 Å². The summed E-state index contributed by atoms with van der Waals surface area (Å²) in [6.45, 7) is 1.89. The van der Waals surface area contributed by atoms with Crippen LogP contribution < -0.4 is 11.5 Å². The minimum absolute atomic E-state index is 0.532. The standard InChI is InChI=1S/C7H9ClN2/c1-4-2-5(8)7(10)3-6(4)9/h2-3H,9-10H2,1H3. The topological polar surface area (TPSA) is 52.0 Å². The number of hydrogen-bond acceptors (Lipinski definition) is 2. The fourth-order valence-electron chi connectivity index (χ4n) is 0.707. The molecule has 4 N–H and O–H groups in total. The van der Waals surface area contributed by atoms with Gasteiger partial charge < -0.3 is 11.5 Å². The van der Waals surface area contributed by atoms with Crippen LogP contribution in [0.3, 0.4) is 0 Å². The van der Waals surface area contributed by atoms with E-state index in [-0.39, 0.29) is 0 Å². The van der Waals surface area contributed by atoms with Crippen LogP contribution in [0.25, 0.3) is 0 Å². The smallest absolute Gasteiger partial charge is 0.0639 e. The van der Waals surface area contributed by atoms with Gasteiger partial charge in [-0.25, -0.2) is 0 Å². The van der Waals surface area contributed by atoms with E-state index in [4.69, 9.17) is 23.1 Å². The van der Waals surface area contributed by atoms with Crippen molar-refractivity contribution in [2.75, 3.05) is 11.5 Å². The summed E-state index contributed by atoms with van der Waals surface area (Å²) in [4.78, 5) is 0. The maximum Gasteiger partial charge on any atom is 0.0639 e. The highest BCUT2D eigenvalue weighted by molar-refractivity contribution is 6.33. The Hall–Kier alpha value is -0.890. The van der Waals surface area contributed by atoms with E-state index >= 15 is 0 Å². The molecule has 0 spiro atoms. The van der Waals surface area contributed by atoms with E-state index in [1.165, 1.54) is 0 Å². The molecule has 3 heteroatoms. The molecule has 0 amide bonds. The average molecular weight is 157 g/mol. The van der Waals surface area contributed by atoms with Gasteiger partial charge in [0.1, 0.15) is 0 Å². The lowest BCUT2D eigenvalue weighted by atomic mass is 10.2. The number of nitrogen functional groups attached to an aromatic ring is 2. The fourth-order valence-corrected chi connectivity index (χ4v) is 0.925. The lowest BCUT2D eigenvalue weighted by molar-refractivity contribution is 1.47. The molecule has 0 atom stereocenters. The first-order chi connectivity index (χ1) is 4.61. The van der Waals surface area contributed by atoms with Gasteiger partial charge in [-0.15, -0.1) is 0 Å². The third kappa shape index (κ3) is 1.16. The first-order valence-electron chi connectivity index (χ1n) is 2.92. The monoisotopic (exact) mass is 156 g/mol. The Balaban J connectivity index is 3.28. The van der Waals surface area contributed by atoms with Crippen molar-refractivity contribution in [3.63, 3.8) is 0 Å². The van der Waals surface area contributed by atoms with E-state index in [2.05, 4.69) is 0 Å². The lowest BCUT2D eigenvalue weighted by Crippen LogP contribution is -1.93. The van der Waals surface area contributed by atoms with E-state index in [1.807, 2.05) is 6.92 Å². The first kappa shape index (κ1) is 7.22. The van der Waals surface area contributed by atoms with Crippen molar-refractivity contribution in [3.05, 3.63) is 22.7 Å². The molecular weight excluding hydrogens is 148 g/mol. The second-order valence-electron chi connectivity index (χ2n) is 2.23. The minimum atomic E-state index is 0.532. The van der Waals surface area contributed by atoms with Crippen molar-refractivity contribution >= 4 is 23.0 Å². The summed E-state index contributed by atoms with van der Waals surface area (Å²) >= 11 is 5.71. The van der Waals surface area contributed by atoms with Gasteiger partial charge >= 0.3 is 0 Å². The maximum atomic E-state index is 5.71. The SMILES string of the molecule is Cc1cc(Cl)c(N)cc1N. The van der Waals surface area contributed by atoms with Crippen LogP contribution in [0.5, 0.6) is 0 Å². The predicted octanol–water partition coefficient (Wildman–Crippen LogP) is 1.81. The zero-order chi connectivity index (χ0) is 7.72. The molecule has 1 rings (SSSR count).